The van der Waals surface area contributed by atoms with Gasteiger partial charge in [-0.2, -0.15) is 0 Å². The van der Waals surface area contributed by atoms with E-state index in [0.29, 0.717) is 23.8 Å². The van der Waals surface area contributed by atoms with Crippen LogP contribution in [0.25, 0.3) is 0 Å². The van der Waals surface area contributed by atoms with E-state index in [1.165, 1.54) is 0 Å². The van der Waals surface area contributed by atoms with Crippen LogP contribution in [0.15, 0.2) is 18.3 Å². The lowest BCUT2D eigenvalue weighted by Crippen LogP contribution is -2.40. The molecule has 0 spiro atoms. The Bertz CT molecular complexity index is 412. The summed E-state index contributed by atoms with van der Waals surface area (Å²) in [4.78, 5) is 15.9. The van der Waals surface area contributed by atoms with Crippen LogP contribution in [0, 0.1) is 5.41 Å². The maximum atomic E-state index is 11.9. The molecule has 1 aliphatic carbocycles. The summed E-state index contributed by atoms with van der Waals surface area (Å²) in [7, 11) is 0. The minimum absolute atomic E-state index is 0.00530. The van der Waals surface area contributed by atoms with Gasteiger partial charge in [0.05, 0.1) is 5.02 Å². The van der Waals surface area contributed by atoms with Crippen molar-refractivity contribution in [2.75, 3.05) is 11.9 Å². The smallest absolute Gasteiger partial charge is 0.226 e. The zero-order valence-electron chi connectivity index (χ0n) is 9.58. The van der Waals surface area contributed by atoms with Gasteiger partial charge >= 0.3 is 0 Å². The first-order valence-electron chi connectivity index (χ1n) is 5.76. The van der Waals surface area contributed by atoms with E-state index in [9.17, 15) is 4.79 Å². The van der Waals surface area contributed by atoms with E-state index in [-0.39, 0.29) is 11.3 Å². The van der Waals surface area contributed by atoms with Gasteiger partial charge in [-0.1, -0.05) is 18.0 Å². The Morgan fingerprint density at radius 1 is 1.59 bits per heavy atom. The number of nitrogens with zero attached hydrogens (tertiary/aromatic N) is 1. The number of halogens is 1. The standard InChI is InChI=1S/C12H16ClN3O/c13-9-3-1-6-15-11(9)16-10(17)7-12(8-14)4-2-5-12/h1,3,6H,2,4-5,7-8,14H2,(H,15,16,17). The Morgan fingerprint density at radius 3 is 2.88 bits per heavy atom. The predicted molar refractivity (Wildman–Crippen MR) is 67.8 cm³/mol. The third-order valence-electron chi connectivity index (χ3n) is 3.40. The minimum atomic E-state index is -0.0595. The molecule has 0 saturated heterocycles. The molecule has 1 aromatic rings. The molecule has 0 atom stereocenters. The normalized spacial score (nSPS) is 17.3. The van der Waals surface area contributed by atoms with Gasteiger partial charge in [0.25, 0.3) is 0 Å². The quantitative estimate of drug-likeness (QED) is 0.864. The van der Waals surface area contributed by atoms with Crippen LogP contribution in [-0.4, -0.2) is 17.4 Å². The van der Waals surface area contributed by atoms with E-state index in [0.717, 1.165) is 19.3 Å². The van der Waals surface area contributed by atoms with Gasteiger partial charge in [0.1, 0.15) is 0 Å². The van der Waals surface area contributed by atoms with Crippen molar-refractivity contribution >= 4 is 23.3 Å². The molecular weight excluding hydrogens is 238 g/mol. The molecule has 0 aliphatic heterocycles. The van der Waals surface area contributed by atoms with Crippen LogP contribution in [-0.2, 0) is 4.79 Å². The number of aromatic nitrogens is 1. The maximum Gasteiger partial charge on any atom is 0.226 e. The summed E-state index contributed by atoms with van der Waals surface area (Å²) >= 11 is 5.92. The molecular formula is C12H16ClN3O. The predicted octanol–water partition coefficient (Wildman–Crippen LogP) is 2.19. The van der Waals surface area contributed by atoms with E-state index in [4.69, 9.17) is 17.3 Å². The molecule has 4 nitrogen and oxygen atoms in total. The Labute approximate surface area is 106 Å². The van der Waals surface area contributed by atoms with E-state index < -0.39 is 0 Å². The first-order valence-corrected chi connectivity index (χ1v) is 6.13. The zero-order chi connectivity index (χ0) is 12.3. The molecule has 5 heteroatoms. The molecule has 0 radical (unpaired) electrons. The number of pyridine rings is 1. The SMILES string of the molecule is NCC1(CC(=O)Nc2ncccc2Cl)CCC1. The van der Waals surface area contributed by atoms with Crippen molar-refractivity contribution in [2.24, 2.45) is 11.1 Å². The molecule has 1 aromatic heterocycles. The third-order valence-corrected chi connectivity index (χ3v) is 3.70. The number of nitrogens with one attached hydrogen (secondary N) is 1. The summed E-state index contributed by atoms with van der Waals surface area (Å²) in [5, 5.41) is 3.19. The van der Waals surface area contributed by atoms with Crippen LogP contribution in [0.2, 0.25) is 5.02 Å². The summed E-state index contributed by atoms with van der Waals surface area (Å²) in [5.74, 6) is 0.362. The number of carbonyl (C=O) groups excluding carboxylic acids is 1. The highest BCUT2D eigenvalue weighted by Gasteiger charge is 2.37. The fraction of sp³-hybridized carbons (Fsp3) is 0.500. The zero-order valence-corrected chi connectivity index (χ0v) is 10.3. The van der Waals surface area contributed by atoms with Crippen LogP contribution in [0.1, 0.15) is 25.7 Å². The molecule has 1 heterocycles. The van der Waals surface area contributed by atoms with Gasteiger partial charge in [-0.15, -0.1) is 0 Å². The van der Waals surface area contributed by atoms with Crippen molar-refractivity contribution in [3.05, 3.63) is 23.4 Å². The summed E-state index contributed by atoms with van der Waals surface area (Å²) < 4.78 is 0. The molecule has 1 fully saturated rings. The average Bonchev–Trinajstić information content (AvgIpc) is 2.27. The number of hydrogen-bond donors (Lipinski definition) is 2. The van der Waals surface area contributed by atoms with Gasteiger partial charge < -0.3 is 11.1 Å². The second kappa shape index (κ2) is 5.02. The van der Waals surface area contributed by atoms with Crippen molar-refractivity contribution in [1.29, 1.82) is 0 Å². The maximum absolute atomic E-state index is 11.9. The van der Waals surface area contributed by atoms with Gasteiger partial charge in [0.15, 0.2) is 5.82 Å². The number of amides is 1. The lowest BCUT2D eigenvalue weighted by molar-refractivity contribution is -0.119. The Hall–Kier alpha value is -1.13. The van der Waals surface area contributed by atoms with Crippen molar-refractivity contribution < 1.29 is 4.79 Å². The number of nitrogens with two attached hydrogens (primary N) is 1. The molecule has 0 unspecified atom stereocenters. The van der Waals surface area contributed by atoms with E-state index in [1.807, 2.05) is 0 Å². The van der Waals surface area contributed by atoms with Crippen molar-refractivity contribution in [2.45, 2.75) is 25.7 Å². The highest BCUT2D eigenvalue weighted by molar-refractivity contribution is 6.33. The summed E-state index contributed by atoms with van der Waals surface area (Å²) in [6.07, 6.45) is 5.29. The molecule has 3 N–H and O–H groups in total. The monoisotopic (exact) mass is 253 g/mol. The minimum Gasteiger partial charge on any atom is -0.330 e. The van der Waals surface area contributed by atoms with Crippen LogP contribution in [0.3, 0.4) is 0 Å². The molecule has 0 aromatic carbocycles. The average molecular weight is 254 g/mol. The molecule has 17 heavy (non-hydrogen) atoms. The van der Waals surface area contributed by atoms with Crippen LogP contribution >= 0.6 is 11.6 Å². The van der Waals surface area contributed by atoms with Gasteiger partial charge in [0, 0.05) is 12.6 Å². The Balaban J connectivity index is 1.96. The molecule has 92 valence electrons. The van der Waals surface area contributed by atoms with Crippen LogP contribution in [0.4, 0.5) is 5.82 Å². The number of anilines is 1. The molecule has 1 amide bonds. The lowest BCUT2D eigenvalue weighted by Gasteiger charge is -2.40. The molecule has 1 saturated carbocycles. The lowest BCUT2D eigenvalue weighted by atomic mass is 9.66. The highest BCUT2D eigenvalue weighted by Crippen LogP contribution is 2.43. The fourth-order valence-corrected chi connectivity index (χ4v) is 2.29. The molecule has 2 rings (SSSR count). The molecule has 0 bridgehead atoms. The molecule has 1 aliphatic rings. The van der Waals surface area contributed by atoms with Crippen molar-refractivity contribution in [3.63, 3.8) is 0 Å². The van der Waals surface area contributed by atoms with Gasteiger partial charge in [-0.25, -0.2) is 4.98 Å². The largest absolute Gasteiger partial charge is 0.330 e. The van der Waals surface area contributed by atoms with E-state index >= 15 is 0 Å². The number of rotatable bonds is 4. The topological polar surface area (TPSA) is 68.0 Å². The van der Waals surface area contributed by atoms with Gasteiger partial charge in [0.2, 0.25) is 5.91 Å². The summed E-state index contributed by atoms with van der Waals surface area (Å²) in [6, 6.07) is 3.43. The van der Waals surface area contributed by atoms with Crippen LogP contribution < -0.4 is 11.1 Å². The van der Waals surface area contributed by atoms with Gasteiger partial charge in [-0.3, -0.25) is 4.79 Å². The summed E-state index contributed by atoms with van der Waals surface area (Å²) in [5.41, 5.74) is 5.72. The fourth-order valence-electron chi connectivity index (χ4n) is 2.12. The van der Waals surface area contributed by atoms with E-state index in [1.54, 1.807) is 18.3 Å². The summed E-state index contributed by atoms with van der Waals surface area (Å²) in [6.45, 7) is 0.566. The van der Waals surface area contributed by atoms with E-state index in [2.05, 4.69) is 10.3 Å². The van der Waals surface area contributed by atoms with Gasteiger partial charge in [-0.05, 0) is 36.9 Å². The Morgan fingerprint density at radius 2 is 2.35 bits per heavy atom. The highest BCUT2D eigenvalue weighted by atomic mass is 35.5. The van der Waals surface area contributed by atoms with Crippen molar-refractivity contribution in [1.82, 2.24) is 4.98 Å². The number of hydrogen-bond acceptors (Lipinski definition) is 3. The second-order valence-corrected chi connectivity index (χ2v) is 5.02. The third kappa shape index (κ3) is 2.76. The van der Waals surface area contributed by atoms with Crippen LogP contribution in [0.5, 0.6) is 0 Å². The number of carbonyl (C=O) groups is 1. The van der Waals surface area contributed by atoms with Crippen molar-refractivity contribution in [3.8, 4) is 0 Å². The Kier molecular flexibility index (Phi) is 3.64. The first kappa shape index (κ1) is 12.3. The first-order chi connectivity index (χ1) is 8.15. The second-order valence-electron chi connectivity index (χ2n) is 4.62.